The molecule has 0 fully saturated rings. The molecule has 0 saturated heterocycles. The van der Waals surface area contributed by atoms with Gasteiger partial charge in [0.1, 0.15) is 23.2 Å². The van der Waals surface area contributed by atoms with Gasteiger partial charge in [0.15, 0.2) is 10.0 Å². The number of sulfonamides is 1. The van der Waals surface area contributed by atoms with Gasteiger partial charge in [0.05, 0.1) is 4.90 Å². The Morgan fingerprint density at radius 2 is 1.80 bits per heavy atom. The van der Waals surface area contributed by atoms with Crippen LogP contribution in [0.3, 0.4) is 0 Å². The van der Waals surface area contributed by atoms with Crippen LogP contribution in [0.5, 0.6) is 11.5 Å². The summed E-state index contributed by atoms with van der Waals surface area (Å²) >= 11 is 7.74. The van der Waals surface area contributed by atoms with Crippen molar-refractivity contribution in [3.63, 3.8) is 0 Å². The SMILES string of the molecule is CC.CC1(C)CC(Oc2ccccc2)c2ccc(S(=O)(=O)NC(=[N-])[S-])cc2O1.[W]=[W]. The Kier molecular flexibility index (Phi) is 11.0. The quantitative estimate of drug-likeness (QED) is 0.286. The van der Waals surface area contributed by atoms with Crippen molar-refractivity contribution in [3.05, 3.63) is 59.5 Å². The second kappa shape index (κ2) is 12.2. The van der Waals surface area contributed by atoms with E-state index in [0.717, 1.165) is 11.3 Å². The van der Waals surface area contributed by atoms with Crippen molar-refractivity contribution < 1.29 is 50.3 Å². The Balaban J connectivity index is 0.00000106. The topological polar surface area (TPSA) is 86.9 Å². The summed E-state index contributed by atoms with van der Waals surface area (Å²) in [6.45, 7) is 7.83. The van der Waals surface area contributed by atoms with Gasteiger partial charge in [-0.05, 0) is 38.1 Å². The van der Waals surface area contributed by atoms with Crippen LogP contribution in [0, 0.1) is 0 Å². The molecule has 0 saturated carbocycles. The maximum absolute atomic E-state index is 12.2. The maximum atomic E-state index is 12.2. The van der Waals surface area contributed by atoms with Gasteiger partial charge < -0.3 is 32.2 Å². The molecule has 30 heavy (non-hydrogen) atoms. The summed E-state index contributed by atoms with van der Waals surface area (Å²) in [5, 5.41) is 8.26. The van der Waals surface area contributed by atoms with Crippen LogP contribution >= 0.6 is 0 Å². The Labute approximate surface area is 203 Å². The molecule has 1 aliphatic heterocycles. The van der Waals surface area contributed by atoms with Gasteiger partial charge in [-0.15, -0.1) is 0 Å². The number of benzene rings is 2. The second-order valence-electron chi connectivity index (χ2n) is 6.60. The summed E-state index contributed by atoms with van der Waals surface area (Å²) in [5.74, 6) is 1.15. The molecule has 0 aromatic heterocycles. The fourth-order valence-electron chi connectivity index (χ4n) is 2.87. The zero-order valence-electron chi connectivity index (χ0n) is 17.1. The number of hydrogen-bond acceptors (Lipinski definition) is 5. The average molecular weight is 788 g/mol. The van der Waals surface area contributed by atoms with E-state index in [1.807, 2.05) is 62.7 Å². The van der Waals surface area contributed by atoms with Crippen LogP contribution in [0.25, 0.3) is 5.41 Å². The molecule has 1 atom stereocenters. The van der Waals surface area contributed by atoms with Gasteiger partial charge >= 0.3 is 32.4 Å². The fourth-order valence-corrected chi connectivity index (χ4v) is 4.06. The first kappa shape index (κ1) is 27.1. The number of ether oxygens (including phenoxy) is 2. The van der Waals surface area contributed by atoms with Crippen LogP contribution < -0.4 is 14.2 Å². The molecule has 6 nitrogen and oxygen atoms in total. The average Bonchev–Trinajstić information content (AvgIpc) is 2.69. The number of rotatable bonds is 4. The molecular formula is C20H24N2O4S2W2-2. The summed E-state index contributed by atoms with van der Waals surface area (Å²) in [4.78, 5) is -0.0520. The van der Waals surface area contributed by atoms with Crippen molar-refractivity contribution in [2.24, 2.45) is 0 Å². The van der Waals surface area contributed by atoms with Crippen LogP contribution in [0.4, 0.5) is 0 Å². The molecule has 1 aliphatic rings. The zero-order chi connectivity index (χ0) is 22.9. The van der Waals surface area contributed by atoms with Crippen molar-refractivity contribution in [3.8, 4) is 11.5 Å². The third kappa shape index (κ3) is 7.63. The summed E-state index contributed by atoms with van der Waals surface area (Å²) in [6, 6.07) is 13.9. The first-order valence-corrected chi connectivity index (χ1v) is 22.0. The molecule has 1 N–H and O–H groups in total. The number of nitrogens with zero attached hydrogens (tertiary/aromatic N) is 1. The molecule has 0 spiro atoms. The molecule has 0 bridgehead atoms. The Bertz CT molecular complexity index is 955. The van der Waals surface area contributed by atoms with Crippen LogP contribution in [0.1, 0.15) is 45.8 Å². The van der Waals surface area contributed by atoms with Gasteiger partial charge in [-0.1, -0.05) is 38.1 Å². The van der Waals surface area contributed by atoms with E-state index in [2.05, 4.69) is 12.6 Å². The van der Waals surface area contributed by atoms with Crippen molar-refractivity contribution in [1.29, 1.82) is 0 Å². The Morgan fingerprint density at radius 3 is 2.37 bits per heavy atom. The summed E-state index contributed by atoms with van der Waals surface area (Å²) < 4.78 is 38.4. The molecule has 3 rings (SSSR count). The second-order valence-corrected chi connectivity index (χ2v) is 8.66. The Hall–Kier alpha value is -0.943. The van der Waals surface area contributed by atoms with E-state index in [1.165, 1.54) is 12.1 Å². The van der Waals surface area contributed by atoms with E-state index in [1.54, 1.807) is 38.5 Å². The first-order chi connectivity index (χ1) is 14.2. The van der Waals surface area contributed by atoms with Crippen LogP contribution in [0.15, 0.2) is 53.4 Å². The summed E-state index contributed by atoms with van der Waals surface area (Å²) in [6.07, 6.45) is 0.333. The minimum atomic E-state index is -3.97. The van der Waals surface area contributed by atoms with Crippen LogP contribution in [0.2, 0.25) is 0 Å². The fraction of sp³-hybridized carbons (Fsp3) is 0.350. The van der Waals surface area contributed by atoms with E-state index < -0.39 is 20.8 Å². The molecule has 2 aromatic carbocycles. The molecular weight excluding hydrogens is 764 g/mol. The summed E-state index contributed by atoms with van der Waals surface area (Å²) in [7, 11) is -3.97. The third-order valence-electron chi connectivity index (χ3n) is 3.95. The number of fused-ring (bicyclic) bond motifs is 1. The van der Waals surface area contributed by atoms with Crippen LogP contribution in [-0.2, 0) is 55.1 Å². The number of para-hydroxylation sites is 1. The predicted molar refractivity (Wildman–Crippen MR) is 113 cm³/mol. The normalized spacial score (nSPS) is 16.2. The van der Waals surface area contributed by atoms with E-state index in [0.29, 0.717) is 12.2 Å². The van der Waals surface area contributed by atoms with Crippen molar-refractivity contribution in [2.45, 2.75) is 50.7 Å². The van der Waals surface area contributed by atoms with Crippen molar-refractivity contribution >= 4 is 27.8 Å². The molecule has 0 amide bonds. The van der Waals surface area contributed by atoms with Crippen LogP contribution in [-0.4, -0.2) is 19.2 Å². The molecule has 2 aromatic rings. The predicted octanol–water partition coefficient (Wildman–Crippen LogP) is 4.14. The molecule has 164 valence electrons. The molecule has 1 heterocycles. The Morgan fingerprint density at radius 1 is 1.20 bits per heavy atom. The first-order valence-electron chi connectivity index (χ1n) is 9.13. The monoisotopic (exact) mass is 788 g/mol. The number of amidine groups is 1. The van der Waals surface area contributed by atoms with E-state index in [4.69, 9.17) is 14.9 Å². The third-order valence-corrected chi connectivity index (χ3v) is 5.52. The number of nitrogens with one attached hydrogen (secondary N) is 1. The zero-order valence-corrected chi connectivity index (χ0v) is 24.6. The van der Waals surface area contributed by atoms with Gasteiger partial charge in [0, 0.05) is 12.0 Å². The molecule has 1 unspecified atom stereocenters. The van der Waals surface area contributed by atoms with E-state index >= 15 is 0 Å². The number of hydrogen-bond donors (Lipinski definition) is 1. The molecule has 0 radical (unpaired) electrons. The van der Waals surface area contributed by atoms with Gasteiger partial charge in [-0.2, -0.15) is 0 Å². The summed E-state index contributed by atoms with van der Waals surface area (Å²) in [5.41, 5.74) is 0.229. The van der Waals surface area contributed by atoms with E-state index in [-0.39, 0.29) is 11.0 Å². The van der Waals surface area contributed by atoms with Gasteiger partial charge in [0.25, 0.3) is 0 Å². The van der Waals surface area contributed by atoms with E-state index in [9.17, 15) is 8.42 Å². The minimum absolute atomic E-state index is 0.0520. The molecule has 0 aliphatic carbocycles. The van der Waals surface area contributed by atoms with Crippen molar-refractivity contribution in [1.82, 2.24) is 4.72 Å². The standard InChI is InChI=1S/C18H19N2O4S2.C2H6.2W/c1-18(2)11-16(23-12-6-4-3-5-7-12)14-9-8-13(10-15(14)24-18)26(21,22)20-17(19)25;1-2;;/h3-10,16H,11H2,1-2H3,(H2-,19,20,25);1-2H3;;/q-1;;;/p-1. The van der Waals surface area contributed by atoms with Crippen molar-refractivity contribution in [2.75, 3.05) is 0 Å². The van der Waals surface area contributed by atoms with Gasteiger partial charge in [-0.25, -0.2) is 13.6 Å². The molecule has 10 heteroatoms. The van der Waals surface area contributed by atoms with Gasteiger partial charge in [0.2, 0.25) is 0 Å². The van der Waals surface area contributed by atoms with Gasteiger partial charge in [-0.3, -0.25) is 0 Å².